The van der Waals surface area contributed by atoms with Crippen LogP contribution in [0, 0.1) is 12.8 Å². The summed E-state index contributed by atoms with van der Waals surface area (Å²) >= 11 is 0. The van der Waals surface area contributed by atoms with Gasteiger partial charge in [0.05, 0.1) is 11.3 Å². The number of Topliss-reactive ketones (excluding diaryl/α,β-unsaturated/α-hetero) is 1. The minimum atomic E-state index is -4.44. The molecule has 3 rings (SSSR count). The summed E-state index contributed by atoms with van der Waals surface area (Å²) in [7, 11) is 0. The highest BCUT2D eigenvalue weighted by molar-refractivity contribution is 5.98. The van der Waals surface area contributed by atoms with Crippen LogP contribution >= 0.6 is 0 Å². The second-order valence-electron chi connectivity index (χ2n) is 7.11. The molecule has 0 unspecified atom stereocenters. The summed E-state index contributed by atoms with van der Waals surface area (Å²) in [6, 6.07) is 4.75. The van der Waals surface area contributed by atoms with Crippen LogP contribution in [0.2, 0.25) is 0 Å². The second-order valence-corrected chi connectivity index (χ2v) is 7.11. The Morgan fingerprint density at radius 1 is 1.33 bits per heavy atom. The van der Waals surface area contributed by atoms with Gasteiger partial charge >= 0.3 is 6.18 Å². The molecule has 2 heterocycles. The Morgan fingerprint density at radius 3 is 2.78 bits per heavy atom. The fraction of sp³-hybridized carbons (Fsp3) is 0.500. The Morgan fingerprint density at radius 2 is 2.11 bits per heavy atom. The zero-order chi connectivity index (χ0) is 19.6. The average Bonchev–Trinajstić information content (AvgIpc) is 3.00. The van der Waals surface area contributed by atoms with Gasteiger partial charge in [0, 0.05) is 42.9 Å². The Kier molecular flexibility index (Phi) is 5.69. The van der Waals surface area contributed by atoms with Gasteiger partial charge in [-0.1, -0.05) is 12.1 Å². The molecule has 1 saturated heterocycles. The molecule has 1 aromatic carbocycles. The van der Waals surface area contributed by atoms with E-state index in [-0.39, 0.29) is 17.3 Å². The van der Waals surface area contributed by atoms with Crippen molar-refractivity contribution in [2.45, 2.75) is 46.0 Å². The van der Waals surface area contributed by atoms with Crippen molar-refractivity contribution < 1.29 is 18.0 Å². The van der Waals surface area contributed by atoms with Gasteiger partial charge in [-0.15, -0.1) is 0 Å². The number of aromatic nitrogens is 2. The molecule has 0 N–H and O–H groups in total. The zero-order valence-corrected chi connectivity index (χ0v) is 15.6. The van der Waals surface area contributed by atoms with E-state index in [1.807, 2.05) is 24.7 Å². The summed E-state index contributed by atoms with van der Waals surface area (Å²) in [5.74, 6) is -0.476. The number of benzene rings is 1. The number of halogens is 3. The van der Waals surface area contributed by atoms with Gasteiger partial charge in [0.2, 0.25) is 0 Å². The Labute approximate surface area is 157 Å². The van der Waals surface area contributed by atoms with Crippen LogP contribution in [0.15, 0.2) is 30.5 Å². The van der Waals surface area contributed by atoms with Crippen molar-refractivity contribution in [3.63, 3.8) is 0 Å². The second kappa shape index (κ2) is 7.84. The highest BCUT2D eigenvalue weighted by atomic mass is 19.4. The maximum atomic E-state index is 12.9. The Bertz CT molecular complexity index is 813. The number of hydrogen-bond acceptors (Lipinski definition) is 3. The molecule has 0 saturated carbocycles. The first-order valence-electron chi connectivity index (χ1n) is 9.24. The smallest absolute Gasteiger partial charge is 0.298 e. The number of ketones is 1. The Hall–Kier alpha value is -2.15. The summed E-state index contributed by atoms with van der Waals surface area (Å²) in [5.41, 5.74) is 1.47. The molecule has 1 aromatic heterocycles. The molecule has 0 bridgehead atoms. The van der Waals surface area contributed by atoms with Gasteiger partial charge in [0.1, 0.15) is 0 Å². The first-order valence-corrected chi connectivity index (χ1v) is 9.24. The molecule has 0 aliphatic carbocycles. The lowest BCUT2D eigenvalue weighted by Gasteiger charge is -2.32. The van der Waals surface area contributed by atoms with Gasteiger partial charge in [-0.3, -0.25) is 14.4 Å². The summed E-state index contributed by atoms with van der Waals surface area (Å²) < 4.78 is 40.6. The van der Waals surface area contributed by atoms with Crippen LogP contribution in [0.25, 0.3) is 0 Å². The average molecular weight is 379 g/mol. The van der Waals surface area contributed by atoms with Crippen LogP contribution in [0.5, 0.6) is 0 Å². The van der Waals surface area contributed by atoms with Gasteiger partial charge < -0.3 is 0 Å². The van der Waals surface area contributed by atoms with Crippen molar-refractivity contribution in [1.82, 2.24) is 14.7 Å². The normalized spacial score (nSPS) is 18.6. The van der Waals surface area contributed by atoms with Crippen molar-refractivity contribution in [3.8, 4) is 0 Å². The summed E-state index contributed by atoms with van der Waals surface area (Å²) in [6.07, 6.45) is -0.853. The van der Waals surface area contributed by atoms with Crippen LogP contribution < -0.4 is 0 Å². The standard InChI is InChI=1S/C20H24F3N3O/c1-3-26-13-17(14(2)24-26)12-25-9-5-7-16(11-25)19(27)15-6-4-8-18(10-15)20(21,22)23/h4,6,8,10,13,16H,3,5,7,9,11-12H2,1-2H3/t16-/m0/s1. The highest BCUT2D eigenvalue weighted by Gasteiger charge is 2.32. The number of nitrogens with zero attached hydrogens (tertiary/aromatic N) is 3. The van der Waals surface area contributed by atoms with E-state index in [1.165, 1.54) is 12.1 Å². The number of carbonyl (C=O) groups is 1. The minimum Gasteiger partial charge on any atom is -0.298 e. The van der Waals surface area contributed by atoms with Gasteiger partial charge in [0.25, 0.3) is 0 Å². The van der Waals surface area contributed by atoms with E-state index in [0.717, 1.165) is 42.9 Å². The van der Waals surface area contributed by atoms with Gasteiger partial charge in [-0.25, -0.2) is 0 Å². The van der Waals surface area contributed by atoms with Crippen LogP contribution in [-0.4, -0.2) is 33.6 Å². The van der Waals surface area contributed by atoms with E-state index in [0.29, 0.717) is 19.5 Å². The third kappa shape index (κ3) is 4.58. The predicted molar refractivity (Wildman–Crippen MR) is 96.4 cm³/mol. The SMILES string of the molecule is CCn1cc(CN2CCC[C@H](C(=O)c3cccc(C(F)(F)F)c3)C2)c(C)n1. The third-order valence-corrected chi connectivity index (χ3v) is 5.12. The number of piperidine rings is 1. The van der Waals surface area contributed by atoms with Gasteiger partial charge in [-0.2, -0.15) is 18.3 Å². The molecule has 27 heavy (non-hydrogen) atoms. The fourth-order valence-electron chi connectivity index (χ4n) is 3.61. The molecular weight excluding hydrogens is 355 g/mol. The van der Waals surface area contributed by atoms with E-state index >= 15 is 0 Å². The predicted octanol–water partition coefficient (Wildman–Crippen LogP) is 4.33. The fourth-order valence-corrected chi connectivity index (χ4v) is 3.61. The number of aryl methyl sites for hydroxylation is 2. The topological polar surface area (TPSA) is 38.1 Å². The van der Waals surface area contributed by atoms with E-state index in [9.17, 15) is 18.0 Å². The molecular formula is C20H24F3N3O. The molecule has 4 nitrogen and oxygen atoms in total. The van der Waals surface area contributed by atoms with E-state index < -0.39 is 11.7 Å². The summed E-state index contributed by atoms with van der Waals surface area (Å²) in [4.78, 5) is 15.0. The molecule has 146 valence electrons. The van der Waals surface area contributed by atoms with Crippen LogP contribution in [0.4, 0.5) is 13.2 Å². The molecule has 0 radical (unpaired) electrons. The Balaban J connectivity index is 1.70. The quantitative estimate of drug-likeness (QED) is 0.726. The summed E-state index contributed by atoms with van der Waals surface area (Å²) in [5, 5.41) is 4.45. The van der Waals surface area contributed by atoms with Crippen molar-refractivity contribution in [2.24, 2.45) is 5.92 Å². The minimum absolute atomic E-state index is 0.145. The molecule has 0 amide bonds. The van der Waals surface area contributed by atoms with E-state index in [4.69, 9.17) is 0 Å². The number of alkyl halides is 3. The van der Waals surface area contributed by atoms with E-state index in [1.54, 1.807) is 0 Å². The van der Waals surface area contributed by atoms with E-state index in [2.05, 4.69) is 10.00 Å². The molecule has 1 aliphatic heterocycles. The monoisotopic (exact) mass is 379 g/mol. The van der Waals surface area contributed by atoms with Crippen LogP contribution in [0.3, 0.4) is 0 Å². The first-order chi connectivity index (χ1) is 12.8. The summed E-state index contributed by atoms with van der Waals surface area (Å²) in [6.45, 7) is 6.95. The van der Waals surface area contributed by atoms with Crippen LogP contribution in [-0.2, 0) is 19.3 Å². The number of rotatable bonds is 5. The third-order valence-electron chi connectivity index (χ3n) is 5.12. The van der Waals surface area contributed by atoms with Crippen molar-refractivity contribution in [2.75, 3.05) is 13.1 Å². The number of hydrogen-bond donors (Lipinski definition) is 0. The lowest BCUT2D eigenvalue weighted by Crippen LogP contribution is -2.38. The molecule has 7 heteroatoms. The maximum Gasteiger partial charge on any atom is 0.416 e. The molecule has 0 spiro atoms. The maximum absolute atomic E-state index is 12.9. The van der Waals surface area contributed by atoms with Gasteiger partial charge in [-0.05, 0) is 45.4 Å². The molecule has 2 aromatic rings. The van der Waals surface area contributed by atoms with Crippen molar-refractivity contribution in [3.05, 3.63) is 52.8 Å². The van der Waals surface area contributed by atoms with Crippen molar-refractivity contribution >= 4 is 5.78 Å². The first kappa shape index (κ1) is 19.6. The molecule has 1 fully saturated rings. The van der Waals surface area contributed by atoms with Crippen LogP contribution in [0.1, 0.15) is 46.9 Å². The van der Waals surface area contributed by atoms with Crippen molar-refractivity contribution in [1.29, 1.82) is 0 Å². The lowest BCUT2D eigenvalue weighted by molar-refractivity contribution is -0.137. The number of carbonyl (C=O) groups excluding carboxylic acids is 1. The number of likely N-dealkylation sites (tertiary alicyclic amines) is 1. The zero-order valence-electron chi connectivity index (χ0n) is 15.6. The van der Waals surface area contributed by atoms with Gasteiger partial charge in [0.15, 0.2) is 5.78 Å². The highest BCUT2D eigenvalue weighted by Crippen LogP contribution is 2.31. The molecule has 1 aliphatic rings. The lowest BCUT2D eigenvalue weighted by atomic mass is 9.89. The molecule has 1 atom stereocenters. The largest absolute Gasteiger partial charge is 0.416 e.